The van der Waals surface area contributed by atoms with E-state index in [0.717, 1.165) is 55.7 Å². The highest BCUT2D eigenvalue weighted by atomic mass is 16.3. The third-order valence-electron chi connectivity index (χ3n) is 5.66. The van der Waals surface area contributed by atoms with Gasteiger partial charge in [0, 0.05) is 31.9 Å². The Labute approximate surface area is 153 Å². The molecule has 2 aromatic rings. The predicted molar refractivity (Wildman–Crippen MR) is 97.1 cm³/mol. The van der Waals surface area contributed by atoms with E-state index >= 15 is 0 Å². The smallest absolute Gasteiger partial charge is 0.223 e. The van der Waals surface area contributed by atoms with Gasteiger partial charge in [-0.15, -0.1) is 0 Å². The summed E-state index contributed by atoms with van der Waals surface area (Å²) in [5.41, 5.74) is 2.95. The molecule has 1 aliphatic heterocycles. The summed E-state index contributed by atoms with van der Waals surface area (Å²) < 4.78 is 1.98. The van der Waals surface area contributed by atoms with Gasteiger partial charge in [0.1, 0.15) is 6.10 Å². The number of aromatic nitrogens is 3. The molecule has 2 aliphatic rings. The second-order valence-corrected chi connectivity index (χ2v) is 7.44. The molecule has 0 aromatic carbocycles. The van der Waals surface area contributed by atoms with Crippen molar-refractivity contribution in [2.24, 2.45) is 5.92 Å². The first-order valence-electron chi connectivity index (χ1n) is 9.62. The van der Waals surface area contributed by atoms with E-state index < -0.39 is 6.10 Å². The number of pyridine rings is 1. The second-order valence-electron chi connectivity index (χ2n) is 7.44. The van der Waals surface area contributed by atoms with Crippen molar-refractivity contribution in [1.82, 2.24) is 19.7 Å². The van der Waals surface area contributed by atoms with Crippen molar-refractivity contribution < 1.29 is 9.90 Å². The van der Waals surface area contributed by atoms with Crippen LogP contribution in [0.1, 0.15) is 55.2 Å². The Kier molecular flexibility index (Phi) is 5.02. The van der Waals surface area contributed by atoms with Gasteiger partial charge in [0.05, 0.1) is 17.9 Å². The number of aliphatic hydroxyl groups excluding tert-OH is 1. The maximum Gasteiger partial charge on any atom is 0.223 e. The van der Waals surface area contributed by atoms with Crippen LogP contribution in [0.5, 0.6) is 0 Å². The van der Waals surface area contributed by atoms with Crippen LogP contribution in [0, 0.1) is 5.92 Å². The maximum absolute atomic E-state index is 12.7. The quantitative estimate of drug-likeness (QED) is 0.895. The highest BCUT2D eigenvalue weighted by molar-refractivity contribution is 5.76. The normalized spacial score (nSPS) is 18.7. The summed E-state index contributed by atoms with van der Waals surface area (Å²) in [4.78, 5) is 18.6. The Balaban J connectivity index is 1.40. The van der Waals surface area contributed by atoms with Gasteiger partial charge in [-0.3, -0.25) is 14.5 Å². The number of carbonyl (C=O) groups excluding carboxylic acids is 1. The molecule has 3 heterocycles. The minimum absolute atomic E-state index is 0.178. The number of fused-ring (bicyclic) bond motifs is 1. The molecule has 0 saturated heterocycles. The highest BCUT2D eigenvalue weighted by Crippen LogP contribution is 2.37. The molecule has 26 heavy (non-hydrogen) atoms. The number of aliphatic hydroxyl groups is 1. The molecular weight excluding hydrogens is 328 g/mol. The van der Waals surface area contributed by atoms with E-state index in [2.05, 4.69) is 10.1 Å². The van der Waals surface area contributed by atoms with Gasteiger partial charge in [-0.05, 0) is 55.4 Å². The predicted octanol–water partition coefficient (Wildman–Crippen LogP) is 2.48. The first-order valence-corrected chi connectivity index (χ1v) is 9.62. The lowest BCUT2D eigenvalue weighted by Gasteiger charge is -2.29. The molecule has 0 radical (unpaired) electrons. The molecule has 138 valence electrons. The molecule has 2 aromatic heterocycles. The number of carbonyl (C=O) groups is 1. The Morgan fingerprint density at radius 2 is 2.04 bits per heavy atom. The van der Waals surface area contributed by atoms with Crippen LogP contribution in [0.3, 0.4) is 0 Å². The van der Waals surface area contributed by atoms with Crippen LogP contribution in [-0.2, 0) is 24.3 Å². The first-order chi connectivity index (χ1) is 12.7. The van der Waals surface area contributed by atoms with Gasteiger partial charge in [-0.1, -0.05) is 6.42 Å². The zero-order valence-corrected chi connectivity index (χ0v) is 15.0. The third kappa shape index (κ3) is 3.65. The van der Waals surface area contributed by atoms with Crippen molar-refractivity contribution in [2.75, 3.05) is 6.54 Å². The SMILES string of the molecule is O=C(CCc1ccncc1)N1CCCn2nc(C(O)C3CCC3)cc2C1. The van der Waals surface area contributed by atoms with Crippen LogP contribution < -0.4 is 0 Å². The summed E-state index contributed by atoms with van der Waals surface area (Å²) in [5.74, 6) is 0.532. The Bertz CT molecular complexity index is 754. The third-order valence-corrected chi connectivity index (χ3v) is 5.66. The Hall–Kier alpha value is -2.21. The molecule has 1 saturated carbocycles. The fourth-order valence-electron chi connectivity index (χ4n) is 3.80. The zero-order valence-electron chi connectivity index (χ0n) is 15.0. The molecule has 0 spiro atoms. The van der Waals surface area contributed by atoms with Crippen molar-refractivity contribution >= 4 is 5.91 Å². The average Bonchev–Trinajstić information content (AvgIpc) is 2.91. The van der Waals surface area contributed by atoms with E-state index in [1.807, 2.05) is 27.8 Å². The molecule has 1 N–H and O–H groups in total. The van der Waals surface area contributed by atoms with Crippen LogP contribution in [0.2, 0.25) is 0 Å². The lowest BCUT2D eigenvalue weighted by atomic mass is 9.80. The van der Waals surface area contributed by atoms with Crippen LogP contribution in [0.15, 0.2) is 30.6 Å². The molecule has 4 rings (SSSR count). The molecule has 1 amide bonds. The zero-order chi connectivity index (χ0) is 17.9. The lowest BCUT2D eigenvalue weighted by Crippen LogP contribution is -2.30. The Morgan fingerprint density at radius 1 is 1.23 bits per heavy atom. The van der Waals surface area contributed by atoms with Gasteiger partial charge < -0.3 is 10.0 Å². The molecule has 6 nitrogen and oxygen atoms in total. The van der Waals surface area contributed by atoms with E-state index in [4.69, 9.17) is 0 Å². The molecule has 6 heteroatoms. The average molecular weight is 354 g/mol. The van der Waals surface area contributed by atoms with Crippen LogP contribution >= 0.6 is 0 Å². The maximum atomic E-state index is 12.7. The summed E-state index contributed by atoms with van der Waals surface area (Å²) in [6, 6.07) is 5.91. The minimum atomic E-state index is -0.459. The van der Waals surface area contributed by atoms with E-state index in [1.54, 1.807) is 12.4 Å². The van der Waals surface area contributed by atoms with E-state index in [-0.39, 0.29) is 5.91 Å². The largest absolute Gasteiger partial charge is 0.386 e. The van der Waals surface area contributed by atoms with Crippen LogP contribution in [0.25, 0.3) is 0 Å². The second kappa shape index (κ2) is 7.58. The van der Waals surface area contributed by atoms with Crippen molar-refractivity contribution in [1.29, 1.82) is 0 Å². The van der Waals surface area contributed by atoms with Crippen molar-refractivity contribution in [3.8, 4) is 0 Å². The van der Waals surface area contributed by atoms with Gasteiger partial charge in [-0.2, -0.15) is 5.10 Å². The van der Waals surface area contributed by atoms with Crippen LogP contribution in [0.4, 0.5) is 0 Å². The minimum Gasteiger partial charge on any atom is -0.386 e. The Morgan fingerprint density at radius 3 is 2.77 bits per heavy atom. The molecule has 1 aliphatic carbocycles. The fourth-order valence-corrected chi connectivity index (χ4v) is 3.80. The summed E-state index contributed by atoms with van der Waals surface area (Å²) in [6.45, 7) is 2.15. The van der Waals surface area contributed by atoms with Gasteiger partial charge in [0.2, 0.25) is 5.91 Å². The van der Waals surface area contributed by atoms with Gasteiger partial charge in [0.15, 0.2) is 0 Å². The monoisotopic (exact) mass is 354 g/mol. The number of aryl methyl sites for hydroxylation is 2. The molecule has 1 unspecified atom stereocenters. The molecule has 1 atom stereocenters. The van der Waals surface area contributed by atoms with Gasteiger partial charge in [0.25, 0.3) is 0 Å². The number of rotatable bonds is 5. The molecular formula is C20H26N4O2. The van der Waals surface area contributed by atoms with Crippen molar-refractivity contribution in [3.63, 3.8) is 0 Å². The van der Waals surface area contributed by atoms with E-state index in [1.165, 1.54) is 6.42 Å². The fraction of sp³-hybridized carbons (Fsp3) is 0.550. The van der Waals surface area contributed by atoms with Gasteiger partial charge in [-0.25, -0.2) is 0 Å². The number of amides is 1. The number of nitrogens with zero attached hydrogens (tertiary/aromatic N) is 4. The van der Waals surface area contributed by atoms with E-state index in [9.17, 15) is 9.90 Å². The van der Waals surface area contributed by atoms with Crippen LogP contribution in [-0.4, -0.2) is 37.2 Å². The standard InChI is InChI=1S/C20H26N4O2/c25-19(6-5-15-7-9-21-10-8-15)23-11-2-12-24-17(14-23)13-18(22-24)20(26)16-3-1-4-16/h7-10,13,16,20,26H,1-6,11-12,14H2. The number of hydrogen-bond acceptors (Lipinski definition) is 4. The first kappa shape index (κ1) is 17.2. The van der Waals surface area contributed by atoms with Gasteiger partial charge >= 0.3 is 0 Å². The topological polar surface area (TPSA) is 71.2 Å². The molecule has 1 fully saturated rings. The summed E-state index contributed by atoms with van der Waals surface area (Å²) in [7, 11) is 0. The number of hydrogen-bond donors (Lipinski definition) is 1. The van der Waals surface area contributed by atoms with Crippen molar-refractivity contribution in [3.05, 3.63) is 47.5 Å². The summed E-state index contributed by atoms with van der Waals surface area (Å²) in [5, 5.41) is 15.1. The summed E-state index contributed by atoms with van der Waals surface area (Å²) >= 11 is 0. The highest BCUT2D eigenvalue weighted by Gasteiger charge is 2.30. The summed E-state index contributed by atoms with van der Waals surface area (Å²) in [6.07, 6.45) is 8.59. The lowest BCUT2D eigenvalue weighted by molar-refractivity contribution is -0.131. The van der Waals surface area contributed by atoms with E-state index in [0.29, 0.717) is 18.9 Å². The molecule has 0 bridgehead atoms. The van der Waals surface area contributed by atoms with Crippen molar-refractivity contribution in [2.45, 2.75) is 57.7 Å².